The molecule has 6 heteroatoms. The van der Waals surface area contributed by atoms with Crippen molar-refractivity contribution in [3.05, 3.63) is 29.6 Å². The van der Waals surface area contributed by atoms with Gasteiger partial charge in [-0.15, -0.1) is 5.10 Å². The van der Waals surface area contributed by atoms with Gasteiger partial charge in [0.2, 0.25) is 0 Å². The van der Waals surface area contributed by atoms with Crippen molar-refractivity contribution in [1.29, 1.82) is 0 Å². The third-order valence-corrected chi connectivity index (χ3v) is 6.28. The lowest BCUT2D eigenvalue weighted by molar-refractivity contribution is 0.342. The lowest BCUT2D eigenvalue weighted by atomic mass is 9.64. The van der Waals surface area contributed by atoms with Gasteiger partial charge in [0.1, 0.15) is 17.3 Å². The van der Waals surface area contributed by atoms with Crippen molar-refractivity contribution < 1.29 is 4.74 Å². The number of hydrogen-bond acceptors (Lipinski definition) is 5. The van der Waals surface area contributed by atoms with Crippen LogP contribution < -0.4 is 10.5 Å². The van der Waals surface area contributed by atoms with Gasteiger partial charge in [-0.2, -0.15) is 0 Å². The summed E-state index contributed by atoms with van der Waals surface area (Å²) in [6, 6.07) is 4.14. The first-order valence-corrected chi connectivity index (χ1v) is 9.21. The van der Waals surface area contributed by atoms with Crippen LogP contribution in [0.15, 0.2) is 23.3 Å². The molecule has 2 heterocycles. The van der Waals surface area contributed by atoms with Crippen LogP contribution in [0.5, 0.6) is 5.75 Å². The third-order valence-electron chi connectivity index (χ3n) is 6.28. The summed E-state index contributed by atoms with van der Waals surface area (Å²) in [6.07, 6.45) is 10.4. The van der Waals surface area contributed by atoms with Crippen LogP contribution in [0.25, 0.3) is 5.69 Å². The maximum atomic E-state index is 6.27. The number of aromatic nitrogens is 3. The number of rotatable bonds is 3. The van der Waals surface area contributed by atoms with Crippen molar-refractivity contribution in [3.8, 4) is 11.4 Å². The number of aliphatic imine (C=N–C) groups is 1. The number of methoxy groups -OCH3 is 1. The van der Waals surface area contributed by atoms with E-state index in [1.807, 2.05) is 16.9 Å². The summed E-state index contributed by atoms with van der Waals surface area (Å²) < 4.78 is 7.50. The molecule has 2 fully saturated rings. The molecule has 1 aromatic heterocycles. The van der Waals surface area contributed by atoms with E-state index in [9.17, 15) is 0 Å². The normalized spacial score (nSPS) is 21.2. The van der Waals surface area contributed by atoms with Crippen LogP contribution in [0.2, 0.25) is 0 Å². The Hall–Kier alpha value is -2.37. The van der Waals surface area contributed by atoms with Crippen molar-refractivity contribution in [3.63, 3.8) is 0 Å². The second-order valence-corrected chi connectivity index (χ2v) is 7.54. The highest BCUT2D eigenvalue weighted by molar-refractivity contribution is 6.00. The van der Waals surface area contributed by atoms with Gasteiger partial charge in [0.05, 0.1) is 30.1 Å². The Morgan fingerprint density at radius 3 is 2.68 bits per heavy atom. The molecule has 0 bridgehead atoms. The molecule has 2 aliphatic carbocycles. The molecule has 1 spiro atoms. The van der Waals surface area contributed by atoms with E-state index in [1.54, 1.807) is 7.11 Å². The Bertz CT molecular complexity index is 859. The van der Waals surface area contributed by atoms with Gasteiger partial charge in [0.25, 0.3) is 0 Å². The molecule has 2 aromatic rings. The van der Waals surface area contributed by atoms with Gasteiger partial charge in [0.15, 0.2) is 0 Å². The number of benzene rings is 1. The molecule has 2 saturated carbocycles. The van der Waals surface area contributed by atoms with Crippen LogP contribution >= 0.6 is 0 Å². The molecule has 3 aliphatic rings. The number of ether oxygens (including phenoxy) is 1. The monoisotopic (exact) mass is 337 g/mol. The highest BCUT2D eigenvalue weighted by atomic mass is 16.5. The Balaban J connectivity index is 1.57. The molecule has 6 nitrogen and oxygen atoms in total. The number of nitrogens with two attached hydrogens (primary N) is 1. The van der Waals surface area contributed by atoms with Gasteiger partial charge >= 0.3 is 0 Å². The topological polar surface area (TPSA) is 78.3 Å². The van der Waals surface area contributed by atoms with Crippen molar-refractivity contribution in [2.45, 2.75) is 56.3 Å². The first kappa shape index (κ1) is 14.9. The average molecular weight is 337 g/mol. The summed E-state index contributed by atoms with van der Waals surface area (Å²) in [5, 5.41) is 8.77. The lowest BCUT2D eigenvalue weighted by Crippen LogP contribution is -2.44. The minimum atomic E-state index is -0.0570. The van der Waals surface area contributed by atoms with Crippen LogP contribution in [0.3, 0.4) is 0 Å². The van der Waals surface area contributed by atoms with E-state index in [-0.39, 0.29) is 5.41 Å². The van der Waals surface area contributed by atoms with E-state index in [0.717, 1.165) is 41.5 Å². The Kier molecular flexibility index (Phi) is 3.17. The number of amidine groups is 1. The molecular weight excluding hydrogens is 314 g/mol. The largest absolute Gasteiger partial charge is 0.494 e. The van der Waals surface area contributed by atoms with Crippen LogP contribution in [0.1, 0.15) is 62.1 Å². The number of nitrogens with zero attached hydrogens (tertiary/aromatic N) is 4. The molecule has 1 aromatic carbocycles. The SMILES string of the molecule is COc1cc2c(cc1-n1cc(C3CCCC3)nn1)N=C(N)C21CCC1. The highest BCUT2D eigenvalue weighted by Gasteiger charge is 2.47. The first-order chi connectivity index (χ1) is 12.2. The molecule has 0 amide bonds. The van der Waals surface area contributed by atoms with Crippen LogP contribution in [-0.2, 0) is 5.41 Å². The quantitative estimate of drug-likeness (QED) is 0.931. The van der Waals surface area contributed by atoms with E-state index in [2.05, 4.69) is 21.4 Å². The molecule has 0 unspecified atom stereocenters. The summed E-state index contributed by atoms with van der Waals surface area (Å²) >= 11 is 0. The van der Waals surface area contributed by atoms with E-state index >= 15 is 0 Å². The zero-order valence-electron chi connectivity index (χ0n) is 14.5. The Labute approximate surface area is 147 Å². The van der Waals surface area contributed by atoms with Gasteiger partial charge < -0.3 is 10.5 Å². The Morgan fingerprint density at radius 2 is 2.00 bits per heavy atom. The van der Waals surface area contributed by atoms with Gasteiger partial charge in [0, 0.05) is 5.92 Å². The third kappa shape index (κ3) is 2.06. The zero-order chi connectivity index (χ0) is 17.0. The van der Waals surface area contributed by atoms with Gasteiger partial charge in [-0.25, -0.2) is 9.67 Å². The van der Waals surface area contributed by atoms with Gasteiger partial charge in [-0.05, 0) is 43.4 Å². The molecule has 0 radical (unpaired) electrons. The van der Waals surface area contributed by atoms with Crippen LogP contribution in [0, 0.1) is 0 Å². The molecule has 0 saturated heterocycles. The second kappa shape index (κ2) is 5.31. The predicted octanol–water partition coefficient (Wildman–Crippen LogP) is 3.36. The smallest absolute Gasteiger partial charge is 0.145 e. The fourth-order valence-corrected chi connectivity index (χ4v) is 4.61. The fraction of sp³-hybridized carbons (Fsp3) is 0.526. The van der Waals surface area contributed by atoms with Crippen molar-refractivity contribution in [2.24, 2.45) is 10.7 Å². The highest BCUT2D eigenvalue weighted by Crippen LogP contribution is 2.53. The molecule has 5 rings (SSSR count). The van der Waals surface area contributed by atoms with Crippen molar-refractivity contribution in [2.75, 3.05) is 7.11 Å². The summed E-state index contributed by atoms with van der Waals surface area (Å²) in [5.74, 6) is 2.09. The lowest BCUT2D eigenvalue weighted by Gasteiger charge is -2.39. The van der Waals surface area contributed by atoms with Crippen LogP contribution in [0.4, 0.5) is 5.69 Å². The molecular formula is C19H23N5O. The van der Waals surface area contributed by atoms with Crippen molar-refractivity contribution in [1.82, 2.24) is 15.0 Å². The second-order valence-electron chi connectivity index (χ2n) is 7.54. The summed E-state index contributed by atoms with van der Waals surface area (Å²) in [4.78, 5) is 4.65. The number of fused-ring (bicyclic) bond motifs is 2. The van der Waals surface area contributed by atoms with Gasteiger partial charge in [-0.3, -0.25) is 0 Å². The zero-order valence-corrected chi connectivity index (χ0v) is 14.5. The standard InChI is InChI=1S/C19H23N5O/c1-25-17-9-13-14(21-18(20)19(13)7-4-8-19)10-16(17)24-11-15(22-23-24)12-5-2-3-6-12/h9-12H,2-8H2,1H3,(H2,20,21). The number of hydrogen-bond donors (Lipinski definition) is 1. The summed E-state index contributed by atoms with van der Waals surface area (Å²) in [6.45, 7) is 0. The maximum Gasteiger partial charge on any atom is 0.145 e. The Morgan fingerprint density at radius 1 is 1.20 bits per heavy atom. The molecule has 25 heavy (non-hydrogen) atoms. The summed E-state index contributed by atoms with van der Waals surface area (Å²) in [5.41, 5.74) is 10.3. The van der Waals surface area contributed by atoms with Crippen LogP contribution in [-0.4, -0.2) is 27.9 Å². The minimum Gasteiger partial charge on any atom is -0.494 e. The fourth-order valence-electron chi connectivity index (χ4n) is 4.61. The van der Waals surface area contributed by atoms with Gasteiger partial charge in [-0.1, -0.05) is 24.5 Å². The summed E-state index contributed by atoms with van der Waals surface area (Å²) in [7, 11) is 1.70. The van der Waals surface area contributed by atoms with E-state index in [1.165, 1.54) is 37.7 Å². The predicted molar refractivity (Wildman–Crippen MR) is 95.9 cm³/mol. The van der Waals surface area contributed by atoms with E-state index in [0.29, 0.717) is 5.92 Å². The van der Waals surface area contributed by atoms with E-state index in [4.69, 9.17) is 10.5 Å². The first-order valence-electron chi connectivity index (χ1n) is 9.21. The maximum absolute atomic E-state index is 6.27. The molecule has 0 atom stereocenters. The molecule has 2 N–H and O–H groups in total. The molecule has 1 aliphatic heterocycles. The molecule has 130 valence electrons. The average Bonchev–Trinajstić information content (AvgIpc) is 3.29. The van der Waals surface area contributed by atoms with E-state index < -0.39 is 0 Å². The minimum absolute atomic E-state index is 0.0570. The van der Waals surface area contributed by atoms with Crippen molar-refractivity contribution >= 4 is 11.5 Å².